The van der Waals surface area contributed by atoms with Gasteiger partial charge in [-0.1, -0.05) is 6.92 Å². The van der Waals surface area contributed by atoms with Crippen molar-refractivity contribution in [2.75, 3.05) is 18.4 Å². The van der Waals surface area contributed by atoms with Crippen molar-refractivity contribution in [1.29, 1.82) is 5.26 Å². The van der Waals surface area contributed by atoms with Crippen LogP contribution in [0.3, 0.4) is 0 Å². The maximum atomic E-state index is 12.9. The van der Waals surface area contributed by atoms with Crippen LogP contribution in [0.5, 0.6) is 0 Å². The van der Waals surface area contributed by atoms with Gasteiger partial charge in [0.15, 0.2) is 0 Å². The lowest BCUT2D eigenvalue weighted by Gasteiger charge is -2.21. The first-order valence-corrected chi connectivity index (χ1v) is 10.9. The zero-order valence-electron chi connectivity index (χ0n) is 18.4. The van der Waals surface area contributed by atoms with E-state index < -0.39 is 11.3 Å². The molecule has 10 heteroatoms. The summed E-state index contributed by atoms with van der Waals surface area (Å²) in [4.78, 5) is 35.3. The summed E-state index contributed by atoms with van der Waals surface area (Å²) in [6.07, 6.45) is 8.02. The lowest BCUT2D eigenvalue weighted by atomic mass is 10.1. The van der Waals surface area contributed by atoms with E-state index in [-0.39, 0.29) is 23.4 Å². The standard InChI is InChI=1S/C23H24N8O2/c1-13-9-30(22(33)23(12-24)3-4-23)11-18(13)29-20-17(21(25)32)8-28-31-10-15(5-19(20)31)16-6-26-14(2)27-7-16/h5-8,10,13,18,29H,3-4,9,11H2,1-2H3,(H2,25,32)/t13-,18+/m0/s1. The molecule has 10 nitrogen and oxygen atoms in total. The van der Waals surface area contributed by atoms with Gasteiger partial charge in [0.1, 0.15) is 11.2 Å². The fourth-order valence-corrected chi connectivity index (χ4v) is 4.40. The summed E-state index contributed by atoms with van der Waals surface area (Å²) in [6, 6.07) is 3.99. The number of hydrogen-bond acceptors (Lipinski definition) is 7. The fraction of sp³-hybridized carbons (Fsp3) is 0.391. The highest BCUT2D eigenvalue weighted by atomic mass is 16.2. The van der Waals surface area contributed by atoms with Crippen LogP contribution in [0.4, 0.5) is 5.69 Å². The topological polar surface area (TPSA) is 142 Å². The molecule has 4 heterocycles. The second-order valence-corrected chi connectivity index (χ2v) is 9.01. The molecule has 0 radical (unpaired) electrons. The number of anilines is 1. The number of nitrogens with one attached hydrogen (secondary N) is 1. The van der Waals surface area contributed by atoms with E-state index in [9.17, 15) is 14.9 Å². The van der Waals surface area contributed by atoms with Crippen LogP contribution in [0.25, 0.3) is 16.6 Å². The molecular weight excluding hydrogens is 420 g/mol. The molecule has 1 aliphatic heterocycles. The average Bonchev–Trinajstić information content (AvgIpc) is 3.34. The molecule has 0 bridgehead atoms. The number of amides is 2. The summed E-state index contributed by atoms with van der Waals surface area (Å²) < 4.78 is 1.68. The number of likely N-dealkylation sites (tertiary alicyclic amines) is 1. The molecule has 0 spiro atoms. The Bertz CT molecular complexity index is 1300. The quantitative estimate of drug-likeness (QED) is 0.610. The molecule has 1 saturated carbocycles. The molecule has 5 rings (SSSR count). The highest BCUT2D eigenvalue weighted by Gasteiger charge is 2.54. The van der Waals surface area contributed by atoms with E-state index in [0.717, 1.165) is 11.1 Å². The molecule has 2 aliphatic rings. The molecule has 3 aromatic heterocycles. The van der Waals surface area contributed by atoms with E-state index in [1.54, 1.807) is 21.8 Å². The van der Waals surface area contributed by atoms with Crippen molar-refractivity contribution in [3.8, 4) is 17.2 Å². The molecule has 3 aromatic rings. The van der Waals surface area contributed by atoms with Crippen LogP contribution in [0.15, 0.2) is 30.9 Å². The van der Waals surface area contributed by atoms with Gasteiger partial charge in [0.05, 0.1) is 29.0 Å². The number of rotatable bonds is 5. The first-order valence-electron chi connectivity index (χ1n) is 10.9. The number of nitriles is 1. The molecule has 0 unspecified atom stereocenters. The van der Waals surface area contributed by atoms with Gasteiger partial charge in [-0.2, -0.15) is 10.4 Å². The van der Waals surface area contributed by atoms with Crippen molar-refractivity contribution in [2.45, 2.75) is 32.7 Å². The number of fused-ring (bicyclic) bond motifs is 1. The Morgan fingerprint density at radius 3 is 2.58 bits per heavy atom. The molecule has 1 aliphatic carbocycles. The Kier molecular flexibility index (Phi) is 4.78. The van der Waals surface area contributed by atoms with E-state index in [1.165, 1.54) is 6.20 Å². The van der Waals surface area contributed by atoms with Gasteiger partial charge in [-0.15, -0.1) is 0 Å². The van der Waals surface area contributed by atoms with Crippen LogP contribution in [0.2, 0.25) is 0 Å². The monoisotopic (exact) mass is 444 g/mol. The lowest BCUT2D eigenvalue weighted by Crippen LogP contribution is -2.36. The van der Waals surface area contributed by atoms with Gasteiger partial charge in [0, 0.05) is 48.8 Å². The molecular formula is C23H24N8O2. The Morgan fingerprint density at radius 1 is 1.21 bits per heavy atom. The van der Waals surface area contributed by atoms with E-state index in [2.05, 4.69) is 26.5 Å². The first-order chi connectivity index (χ1) is 15.8. The van der Waals surface area contributed by atoms with Crippen molar-refractivity contribution in [3.63, 3.8) is 0 Å². The van der Waals surface area contributed by atoms with Crippen LogP contribution >= 0.6 is 0 Å². The number of hydrogen-bond donors (Lipinski definition) is 2. The number of primary amides is 1. The Hall–Kier alpha value is -4.00. The molecule has 2 fully saturated rings. The summed E-state index contributed by atoms with van der Waals surface area (Å²) in [6.45, 7) is 4.88. The van der Waals surface area contributed by atoms with E-state index >= 15 is 0 Å². The highest BCUT2D eigenvalue weighted by molar-refractivity contribution is 6.02. The third-order valence-corrected chi connectivity index (χ3v) is 6.62. The van der Waals surface area contributed by atoms with Gasteiger partial charge in [-0.25, -0.2) is 14.5 Å². The predicted molar refractivity (Wildman–Crippen MR) is 120 cm³/mol. The van der Waals surface area contributed by atoms with E-state index in [4.69, 9.17) is 5.73 Å². The largest absolute Gasteiger partial charge is 0.378 e. The van der Waals surface area contributed by atoms with Crippen molar-refractivity contribution >= 4 is 23.0 Å². The zero-order valence-corrected chi connectivity index (χ0v) is 18.4. The number of carbonyl (C=O) groups is 2. The average molecular weight is 444 g/mol. The molecule has 2 atom stereocenters. The second kappa shape index (κ2) is 7.55. The maximum Gasteiger partial charge on any atom is 0.252 e. The van der Waals surface area contributed by atoms with E-state index in [1.807, 2.05) is 26.1 Å². The zero-order chi connectivity index (χ0) is 23.3. The van der Waals surface area contributed by atoms with Gasteiger partial charge in [0.2, 0.25) is 5.91 Å². The van der Waals surface area contributed by atoms with Crippen LogP contribution in [0.1, 0.15) is 35.9 Å². The molecule has 3 N–H and O–H groups in total. The summed E-state index contributed by atoms with van der Waals surface area (Å²) in [5, 5.41) is 17.2. The number of aromatic nitrogens is 4. The number of carbonyl (C=O) groups excluding carboxylic acids is 2. The minimum Gasteiger partial charge on any atom is -0.378 e. The van der Waals surface area contributed by atoms with Gasteiger partial charge in [-0.05, 0) is 31.7 Å². The molecule has 168 valence electrons. The maximum absolute atomic E-state index is 12.9. The Morgan fingerprint density at radius 2 is 1.94 bits per heavy atom. The predicted octanol–water partition coefficient (Wildman–Crippen LogP) is 1.76. The lowest BCUT2D eigenvalue weighted by molar-refractivity contribution is -0.134. The van der Waals surface area contributed by atoms with Crippen molar-refractivity contribution in [3.05, 3.63) is 42.2 Å². The summed E-state index contributed by atoms with van der Waals surface area (Å²) in [7, 11) is 0. The molecule has 2 amide bonds. The fourth-order valence-electron chi connectivity index (χ4n) is 4.40. The molecule has 1 saturated heterocycles. The Balaban J connectivity index is 1.48. The smallest absolute Gasteiger partial charge is 0.252 e. The number of nitrogens with zero attached hydrogens (tertiary/aromatic N) is 6. The molecule has 33 heavy (non-hydrogen) atoms. The van der Waals surface area contributed by atoms with Crippen molar-refractivity contribution in [1.82, 2.24) is 24.5 Å². The van der Waals surface area contributed by atoms with Crippen molar-refractivity contribution in [2.24, 2.45) is 17.1 Å². The first kappa shape index (κ1) is 20.9. The molecule has 0 aromatic carbocycles. The minimum absolute atomic E-state index is 0.0968. The second-order valence-electron chi connectivity index (χ2n) is 9.01. The summed E-state index contributed by atoms with van der Waals surface area (Å²) in [5.41, 5.74) is 8.04. The SMILES string of the molecule is Cc1ncc(-c2cc3c(N[C@@H]4CN(C(=O)C5(C#N)CC5)C[C@@H]4C)c(C(N)=O)cnn3c2)cn1. The van der Waals surface area contributed by atoms with Gasteiger partial charge in [-0.3, -0.25) is 9.59 Å². The van der Waals surface area contributed by atoms with Crippen LogP contribution in [-0.2, 0) is 4.79 Å². The minimum atomic E-state index is -0.844. The van der Waals surface area contributed by atoms with Crippen LogP contribution < -0.4 is 11.1 Å². The van der Waals surface area contributed by atoms with Gasteiger partial charge in [0.25, 0.3) is 5.91 Å². The van der Waals surface area contributed by atoms with Crippen LogP contribution in [-0.4, -0.2) is 55.4 Å². The van der Waals surface area contributed by atoms with Gasteiger partial charge < -0.3 is 16.0 Å². The number of aryl methyl sites for hydroxylation is 1. The Labute approximate surface area is 190 Å². The summed E-state index contributed by atoms with van der Waals surface area (Å²) in [5.74, 6) is 0.115. The van der Waals surface area contributed by atoms with Crippen molar-refractivity contribution < 1.29 is 9.59 Å². The van der Waals surface area contributed by atoms with Crippen LogP contribution in [0, 0.1) is 29.6 Å². The third-order valence-electron chi connectivity index (χ3n) is 6.62. The summed E-state index contributed by atoms with van der Waals surface area (Å²) >= 11 is 0. The van der Waals surface area contributed by atoms with Gasteiger partial charge >= 0.3 is 0 Å². The third kappa shape index (κ3) is 3.55. The highest BCUT2D eigenvalue weighted by Crippen LogP contribution is 2.47. The normalized spacial score (nSPS) is 21.1. The number of nitrogens with two attached hydrogens (primary N) is 1. The van der Waals surface area contributed by atoms with E-state index in [0.29, 0.717) is 43.0 Å².